The number of amides is 1. The summed E-state index contributed by atoms with van der Waals surface area (Å²) in [5.74, 6) is 1.67. The molecular weight excluding hydrogens is 420 g/mol. The summed E-state index contributed by atoms with van der Waals surface area (Å²) in [7, 11) is 0. The van der Waals surface area contributed by atoms with Gasteiger partial charge in [0, 0.05) is 31.6 Å². The Hall–Kier alpha value is -3.39. The molecule has 0 spiro atoms. The van der Waals surface area contributed by atoms with Gasteiger partial charge in [-0.2, -0.15) is 0 Å². The van der Waals surface area contributed by atoms with E-state index < -0.39 is 6.09 Å². The van der Waals surface area contributed by atoms with Crippen LogP contribution in [0.25, 0.3) is 22.3 Å². The molecule has 0 radical (unpaired) electrons. The number of rotatable bonds is 5. The SMILES string of the molecule is Cc1ccc2c(N3CC[C@@H](CN(C(=O)O)[C@H]4CCOC4)C3)nc(-c3ccccc3O)nc2c1. The first-order chi connectivity index (χ1) is 16.0. The first kappa shape index (κ1) is 21.5. The topological polar surface area (TPSA) is 99.0 Å². The number of benzene rings is 2. The minimum absolute atomic E-state index is 0.0629. The van der Waals surface area contributed by atoms with E-state index in [2.05, 4.69) is 11.0 Å². The molecule has 0 aliphatic carbocycles. The Bertz CT molecular complexity index is 1180. The van der Waals surface area contributed by atoms with Gasteiger partial charge in [-0.3, -0.25) is 0 Å². The number of fused-ring (bicyclic) bond motifs is 1. The van der Waals surface area contributed by atoms with Crippen molar-refractivity contribution in [3.8, 4) is 17.1 Å². The number of nitrogens with zero attached hydrogens (tertiary/aromatic N) is 4. The number of anilines is 1. The van der Waals surface area contributed by atoms with Crippen LogP contribution >= 0.6 is 0 Å². The van der Waals surface area contributed by atoms with Gasteiger partial charge in [0.1, 0.15) is 11.6 Å². The lowest BCUT2D eigenvalue weighted by Gasteiger charge is -2.28. The lowest BCUT2D eigenvalue weighted by molar-refractivity contribution is 0.104. The summed E-state index contributed by atoms with van der Waals surface area (Å²) in [6.45, 7) is 5.13. The van der Waals surface area contributed by atoms with E-state index in [4.69, 9.17) is 14.7 Å². The normalized spacial score (nSPS) is 20.5. The van der Waals surface area contributed by atoms with Crippen LogP contribution in [0.15, 0.2) is 42.5 Å². The fourth-order valence-corrected chi connectivity index (χ4v) is 4.85. The maximum absolute atomic E-state index is 11.9. The van der Waals surface area contributed by atoms with E-state index in [9.17, 15) is 15.0 Å². The van der Waals surface area contributed by atoms with Crippen molar-refractivity contribution in [2.24, 2.45) is 5.92 Å². The number of aryl methyl sites for hydroxylation is 1. The monoisotopic (exact) mass is 448 g/mol. The van der Waals surface area contributed by atoms with E-state index in [-0.39, 0.29) is 17.7 Å². The maximum atomic E-state index is 11.9. The zero-order chi connectivity index (χ0) is 22.9. The third kappa shape index (κ3) is 4.30. The largest absolute Gasteiger partial charge is 0.507 e. The molecule has 2 saturated heterocycles. The van der Waals surface area contributed by atoms with Crippen LogP contribution in [0.1, 0.15) is 18.4 Å². The van der Waals surface area contributed by atoms with Gasteiger partial charge in [-0.15, -0.1) is 0 Å². The summed E-state index contributed by atoms with van der Waals surface area (Å²) in [5.41, 5.74) is 2.53. The Kier molecular flexibility index (Phi) is 5.76. The highest BCUT2D eigenvalue weighted by Gasteiger charge is 2.33. The van der Waals surface area contributed by atoms with Crippen molar-refractivity contribution in [3.63, 3.8) is 0 Å². The number of carbonyl (C=O) groups is 1. The number of phenols is 1. The minimum atomic E-state index is -0.881. The molecule has 0 bridgehead atoms. The van der Waals surface area contributed by atoms with Gasteiger partial charge in [0.05, 0.1) is 23.7 Å². The molecule has 2 N–H and O–H groups in total. The first-order valence-corrected chi connectivity index (χ1v) is 11.4. The van der Waals surface area contributed by atoms with Crippen LogP contribution in [0.3, 0.4) is 0 Å². The van der Waals surface area contributed by atoms with E-state index in [1.54, 1.807) is 17.0 Å². The van der Waals surface area contributed by atoms with Crippen LogP contribution in [0.2, 0.25) is 0 Å². The molecule has 2 aliphatic heterocycles. The number of ether oxygens (including phenoxy) is 1. The molecule has 8 heteroatoms. The molecule has 1 amide bonds. The van der Waals surface area contributed by atoms with Crippen LogP contribution in [0, 0.1) is 12.8 Å². The highest BCUT2D eigenvalue weighted by molar-refractivity contribution is 5.92. The van der Waals surface area contributed by atoms with Gasteiger partial charge < -0.3 is 24.7 Å². The third-order valence-corrected chi connectivity index (χ3v) is 6.61. The summed E-state index contributed by atoms with van der Waals surface area (Å²) in [4.78, 5) is 25.3. The molecule has 0 saturated carbocycles. The summed E-state index contributed by atoms with van der Waals surface area (Å²) < 4.78 is 5.41. The number of carboxylic acid groups (broad SMARTS) is 1. The van der Waals surface area contributed by atoms with Gasteiger partial charge in [0.15, 0.2) is 5.82 Å². The number of aromatic hydroxyl groups is 1. The summed E-state index contributed by atoms with van der Waals surface area (Å²) in [5, 5.41) is 21.1. The molecule has 3 aromatic rings. The Labute approximate surface area is 192 Å². The predicted molar refractivity (Wildman–Crippen MR) is 126 cm³/mol. The van der Waals surface area contributed by atoms with Crippen molar-refractivity contribution >= 4 is 22.8 Å². The number of hydrogen-bond acceptors (Lipinski definition) is 6. The first-order valence-electron chi connectivity index (χ1n) is 11.4. The Balaban J connectivity index is 1.45. The third-order valence-electron chi connectivity index (χ3n) is 6.61. The highest BCUT2D eigenvalue weighted by atomic mass is 16.5. The number of aromatic nitrogens is 2. The maximum Gasteiger partial charge on any atom is 0.407 e. The Morgan fingerprint density at radius 3 is 2.82 bits per heavy atom. The van der Waals surface area contributed by atoms with Gasteiger partial charge in [-0.1, -0.05) is 18.2 Å². The molecule has 5 rings (SSSR count). The van der Waals surface area contributed by atoms with Crippen LogP contribution in [0.5, 0.6) is 5.75 Å². The van der Waals surface area contributed by atoms with E-state index in [0.717, 1.165) is 48.2 Å². The molecule has 0 unspecified atom stereocenters. The molecule has 2 fully saturated rings. The van der Waals surface area contributed by atoms with Crippen LogP contribution < -0.4 is 4.90 Å². The van der Waals surface area contributed by atoms with Crippen LogP contribution in [-0.4, -0.2) is 70.1 Å². The Morgan fingerprint density at radius 2 is 2.06 bits per heavy atom. The molecular formula is C25H28N4O4. The number of phenolic OH excluding ortho intramolecular Hbond substituents is 1. The van der Waals surface area contributed by atoms with E-state index in [1.807, 2.05) is 31.2 Å². The van der Waals surface area contributed by atoms with Crippen molar-refractivity contribution in [2.45, 2.75) is 25.8 Å². The smallest absolute Gasteiger partial charge is 0.407 e. The lowest BCUT2D eigenvalue weighted by Crippen LogP contribution is -2.43. The predicted octanol–water partition coefficient (Wildman–Crippen LogP) is 3.91. The summed E-state index contributed by atoms with van der Waals surface area (Å²) in [6, 6.07) is 13.2. The second kappa shape index (κ2) is 8.86. The van der Waals surface area contributed by atoms with Crippen LogP contribution in [-0.2, 0) is 4.74 Å². The molecule has 3 heterocycles. The van der Waals surface area contributed by atoms with Gasteiger partial charge in [0.25, 0.3) is 0 Å². The summed E-state index contributed by atoms with van der Waals surface area (Å²) in [6.07, 6.45) is 0.761. The molecule has 8 nitrogen and oxygen atoms in total. The standard InChI is InChI=1S/C25H28N4O4/c1-16-6-7-19-21(12-16)26-23(20-4-2-3-5-22(20)30)27-24(19)28-10-8-17(13-28)14-29(25(31)32)18-9-11-33-15-18/h2-7,12,17-18,30H,8-11,13-15H2,1H3,(H,31,32)/t17-,18+/m1/s1. The van der Waals surface area contributed by atoms with E-state index in [1.165, 1.54) is 0 Å². The zero-order valence-corrected chi connectivity index (χ0v) is 18.6. The summed E-state index contributed by atoms with van der Waals surface area (Å²) >= 11 is 0. The molecule has 33 heavy (non-hydrogen) atoms. The van der Waals surface area contributed by atoms with Gasteiger partial charge in [-0.05, 0) is 55.5 Å². The Morgan fingerprint density at radius 1 is 1.21 bits per heavy atom. The highest BCUT2D eigenvalue weighted by Crippen LogP contribution is 2.34. The lowest BCUT2D eigenvalue weighted by atomic mass is 10.1. The second-order valence-electron chi connectivity index (χ2n) is 8.96. The van der Waals surface area contributed by atoms with Crippen molar-refractivity contribution in [1.82, 2.24) is 14.9 Å². The fourth-order valence-electron chi connectivity index (χ4n) is 4.85. The van der Waals surface area contributed by atoms with Gasteiger partial charge in [0.2, 0.25) is 0 Å². The molecule has 172 valence electrons. The average Bonchev–Trinajstić information content (AvgIpc) is 3.49. The van der Waals surface area contributed by atoms with E-state index in [0.29, 0.717) is 31.1 Å². The van der Waals surface area contributed by atoms with Crippen molar-refractivity contribution < 1.29 is 19.7 Å². The van der Waals surface area contributed by atoms with Gasteiger partial charge >= 0.3 is 6.09 Å². The molecule has 2 atom stereocenters. The number of hydrogen-bond donors (Lipinski definition) is 2. The zero-order valence-electron chi connectivity index (χ0n) is 18.6. The molecule has 2 aromatic carbocycles. The average molecular weight is 449 g/mol. The fraction of sp³-hybridized carbons (Fsp3) is 0.400. The number of para-hydroxylation sites is 1. The van der Waals surface area contributed by atoms with Crippen molar-refractivity contribution in [2.75, 3.05) is 37.7 Å². The van der Waals surface area contributed by atoms with Gasteiger partial charge in [-0.25, -0.2) is 14.8 Å². The van der Waals surface area contributed by atoms with Crippen molar-refractivity contribution in [3.05, 3.63) is 48.0 Å². The molecule has 1 aromatic heterocycles. The minimum Gasteiger partial charge on any atom is -0.507 e. The molecule has 2 aliphatic rings. The second-order valence-corrected chi connectivity index (χ2v) is 8.96. The van der Waals surface area contributed by atoms with E-state index >= 15 is 0 Å². The van der Waals surface area contributed by atoms with Crippen LogP contribution in [0.4, 0.5) is 10.6 Å². The van der Waals surface area contributed by atoms with Crippen molar-refractivity contribution in [1.29, 1.82) is 0 Å². The quantitative estimate of drug-likeness (QED) is 0.611.